The number of rotatable bonds is 6. The topological polar surface area (TPSA) is 32.3 Å². The van der Waals surface area contributed by atoms with Crippen molar-refractivity contribution in [2.75, 3.05) is 6.61 Å². The van der Waals surface area contributed by atoms with Crippen LogP contribution in [0.2, 0.25) is 5.02 Å². The van der Waals surface area contributed by atoms with E-state index in [2.05, 4.69) is 25.2 Å². The molecular weight excluding hydrogens is 254 g/mol. The number of nitrogens with one attached hydrogen (secondary N) is 1. The van der Waals surface area contributed by atoms with E-state index >= 15 is 0 Å². The van der Waals surface area contributed by atoms with Crippen molar-refractivity contribution in [1.29, 1.82) is 0 Å². The first-order chi connectivity index (χ1) is 8.02. The Morgan fingerprint density at radius 2 is 2.06 bits per heavy atom. The Balaban J connectivity index is 2.65. The number of halogens is 1. The molecular formula is C13H20ClNOS. The molecule has 0 aliphatic heterocycles. The molecule has 2 N–H and O–H groups in total. The van der Waals surface area contributed by atoms with Crippen molar-refractivity contribution < 1.29 is 5.11 Å². The summed E-state index contributed by atoms with van der Waals surface area (Å²) < 4.78 is 0. The van der Waals surface area contributed by atoms with Gasteiger partial charge in [-0.15, -0.1) is 11.8 Å². The molecule has 0 aliphatic rings. The smallest absolute Gasteiger partial charge is 0.0550 e. The van der Waals surface area contributed by atoms with E-state index in [0.717, 1.165) is 22.0 Å². The Morgan fingerprint density at radius 3 is 2.59 bits per heavy atom. The highest BCUT2D eigenvalue weighted by Crippen LogP contribution is 2.27. The molecule has 0 fully saturated rings. The number of aliphatic hydroxyl groups is 1. The quantitative estimate of drug-likeness (QED) is 0.780. The van der Waals surface area contributed by atoms with Crippen LogP contribution >= 0.6 is 23.4 Å². The number of benzene rings is 1. The van der Waals surface area contributed by atoms with Crippen molar-refractivity contribution in [1.82, 2.24) is 5.32 Å². The molecule has 0 saturated heterocycles. The molecule has 96 valence electrons. The second-order valence-electron chi connectivity index (χ2n) is 4.40. The molecule has 1 atom stereocenters. The Labute approximate surface area is 113 Å². The summed E-state index contributed by atoms with van der Waals surface area (Å²) in [5.74, 6) is 0. The lowest BCUT2D eigenvalue weighted by Gasteiger charge is -2.12. The van der Waals surface area contributed by atoms with Gasteiger partial charge in [-0.2, -0.15) is 0 Å². The lowest BCUT2D eigenvalue weighted by molar-refractivity contribution is 0.300. The molecule has 0 spiro atoms. The largest absolute Gasteiger partial charge is 0.395 e. The molecule has 0 radical (unpaired) electrons. The van der Waals surface area contributed by atoms with E-state index < -0.39 is 0 Å². The van der Waals surface area contributed by atoms with Crippen LogP contribution in [0.1, 0.15) is 26.3 Å². The van der Waals surface area contributed by atoms with Crippen LogP contribution < -0.4 is 5.32 Å². The van der Waals surface area contributed by atoms with E-state index in [-0.39, 0.29) is 11.9 Å². The fourth-order valence-electron chi connectivity index (χ4n) is 1.33. The van der Waals surface area contributed by atoms with Crippen molar-refractivity contribution >= 4 is 23.4 Å². The van der Waals surface area contributed by atoms with E-state index in [9.17, 15) is 0 Å². The third-order valence-electron chi connectivity index (χ3n) is 2.32. The first-order valence-corrected chi connectivity index (χ1v) is 7.08. The van der Waals surface area contributed by atoms with E-state index in [4.69, 9.17) is 16.7 Å². The van der Waals surface area contributed by atoms with Crippen LogP contribution in [0.4, 0.5) is 0 Å². The summed E-state index contributed by atoms with van der Waals surface area (Å²) in [4.78, 5) is 1.10. The van der Waals surface area contributed by atoms with Gasteiger partial charge in [-0.1, -0.05) is 38.4 Å². The van der Waals surface area contributed by atoms with Crippen molar-refractivity contribution in [2.24, 2.45) is 0 Å². The second kappa shape index (κ2) is 7.27. The maximum Gasteiger partial charge on any atom is 0.0550 e. The molecule has 0 amide bonds. The maximum atomic E-state index is 9.00. The summed E-state index contributed by atoms with van der Waals surface area (Å²) in [6, 6.07) is 6.52. The normalized spacial score (nSPS) is 13.1. The van der Waals surface area contributed by atoms with E-state index in [1.165, 1.54) is 0 Å². The predicted octanol–water partition coefficient (Wildman–Crippen LogP) is 3.31. The summed E-state index contributed by atoms with van der Waals surface area (Å²) in [7, 11) is 0. The van der Waals surface area contributed by atoms with Gasteiger partial charge in [-0.3, -0.25) is 0 Å². The van der Waals surface area contributed by atoms with Gasteiger partial charge in [-0.25, -0.2) is 0 Å². The van der Waals surface area contributed by atoms with Crippen LogP contribution in [-0.2, 0) is 6.54 Å². The van der Waals surface area contributed by atoms with Crippen molar-refractivity contribution in [3.63, 3.8) is 0 Å². The highest BCUT2D eigenvalue weighted by molar-refractivity contribution is 8.00. The molecule has 4 heteroatoms. The molecule has 1 aromatic rings. The van der Waals surface area contributed by atoms with Crippen molar-refractivity contribution in [3.8, 4) is 0 Å². The molecule has 1 unspecified atom stereocenters. The van der Waals surface area contributed by atoms with Crippen LogP contribution in [0, 0.1) is 0 Å². The van der Waals surface area contributed by atoms with Gasteiger partial charge in [-0.05, 0) is 17.7 Å². The summed E-state index contributed by atoms with van der Waals surface area (Å²) in [6.07, 6.45) is 0. The van der Waals surface area contributed by atoms with Gasteiger partial charge < -0.3 is 10.4 Å². The number of hydrogen-bond acceptors (Lipinski definition) is 3. The molecule has 0 aromatic heterocycles. The molecule has 2 nitrogen and oxygen atoms in total. The number of thioether (sulfide) groups is 1. The zero-order valence-corrected chi connectivity index (χ0v) is 12.1. The average Bonchev–Trinajstić information content (AvgIpc) is 2.27. The Hall–Kier alpha value is -0.220. The summed E-state index contributed by atoms with van der Waals surface area (Å²) >= 11 is 7.86. The Morgan fingerprint density at radius 1 is 1.35 bits per heavy atom. The van der Waals surface area contributed by atoms with E-state index in [0.29, 0.717) is 6.04 Å². The second-order valence-corrected chi connectivity index (χ2v) is 6.32. The summed E-state index contributed by atoms with van der Waals surface area (Å²) in [5, 5.41) is 13.3. The van der Waals surface area contributed by atoms with Crippen LogP contribution in [0.15, 0.2) is 23.1 Å². The molecule has 0 aliphatic carbocycles. The van der Waals surface area contributed by atoms with Gasteiger partial charge >= 0.3 is 0 Å². The minimum Gasteiger partial charge on any atom is -0.395 e. The van der Waals surface area contributed by atoms with Gasteiger partial charge in [0.15, 0.2) is 0 Å². The summed E-state index contributed by atoms with van der Waals surface area (Å²) in [5.41, 5.74) is 1.11. The van der Waals surface area contributed by atoms with Crippen molar-refractivity contribution in [2.45, 2.75) is 43.5 Å². The lowest BCUT2D eigenvalue weighted by atomic mass is 10.2. The third kappa shape index (κ3) is 5.30. The molecule has 0 bridgehead atoms. The molecule has 0 heterocycles. The predicted molar refractivity (Wildman–Crippen MR) is 75.8 cm³/mol. The van der Waals surface area contributed by atoms with Gasteiger partial charge in [0.05, 0.1) is 6.61 Å². The minimum absolute atomic E-state index is 0.180. The first kappa shape index (κ1) is 14.8. The van der Waals surface area contributed by atoms with E-state index in [1.54, 1.807) is 11.8 Å². The molecule has 0 saturated carbocycles. The monoisotopic (exact) mass is 273 g/mol. The Bertz CT molecular complexity index is 357. The van der Waals surface area contributed by atoms with Gasteiger partial charge in [0.2, 0.25) is 0 Å². The van der Waals surface area contributed by atoms with Crippen LogP contribution in [0.25, 0.3) is 0 Å². The zero-order chi connectivity index (χ0) is 12.8. The Kier molecular flexibility index (Phi) is 6.34. The number of hydrogen-bond donors (Lipinski definition) is 2. The van der Waals surface area contributed by atoms with Gasteiger partial charge in [0, 0.05) is 27.8 Å². The zero-order valence-electron chi connectivity index (χ0n) is 10.5. The molecule has 17 heavy (non-hydrogen) atoms. The van der Waals surface area contributed by atoms with Crippen molar-refractivity contribution in [3.05, 3.63) is 28.8 Å². The summed E-state index contributed by atoms with van der Waals surface area (Å²) in [6.45, 7) is 7.19. The molecule has 1 aromatic carbocycles. The van der Waals surface area contributed by atoms with Crippen LogP contribution in [-0.4, -0.2) is 23.0 Å². The SMILES string of the molecule is CC(C)NCc1ccc(SC(C)CO)cc1Cl. The third-order valence-corrected chi connectivity index (χ3v) is 3.75. The van der Waals surface area contributed by atoms with Crippen LogP contribution in [0.3, 0.4) is 0 Å². The standard InChI is InChI=1S/C13H20ClNOS/c1-9(2)15-7-11-4-5-12(6-13(11)14)17-10(3)8-16/h4-6,9-10,15-16H,7-8H2,1-3H3. The highest BCUT2D eigenvalue weighted by atomic mass is 35.5. The van der Waals surface area contributed by atoms with Gasteiger partial charge in [0.1, 0.15) is 0 Å². The fourth-order valence-corrected chi connectivity index (χ4v) is 2.51. The van der Waals surface area contributed by atoms with Gasteiger partial charge in [0.25, 0.3) is 0 Å². The lowest BCUT2D eigenvalue weighted by Crippen LogP contribution is -2.21. The molecule has 1 rings (SSSR count). The van der Waals surface area contributed by atoms with E-state index in [1.807, 2.05) is 19.1 Å². The fraction of sp³-hybridized carbons (Fsp3) is 0.538. The number of aliphatic hydroxyl groups excluding tert-OH is 1. The minimum atomic E-state index is 0.180. The van der Waals surface area contributed by atoms with Crippen LogP contribution in [0.5, 0.6) is 0 Å². The first-order valence-electron chi connectivity index (χ1n) is 5.82. The highest BCUT2D eigenvalue weighted by Gasteiger charge is 2.06. The maximum absolute atomic E-state index is 9.00. The average molecular weight is 274 g/mol.